The Morgan fingerprint density at radius 3 is 2.78 bits per heavy atom. The predicted molar refractivity (Wildman–Crippen MR) is 61.1 cm³/mol. The quantitative estimate of drug-likeness (QED) is 0.650. The van der Waals surface area contributed by atoms with Crippen molar-refractivity contribution in [2.75, 3.05) is 5.94 Å². The number of fused-ring (bicyclic) bond motifs is 1. The third-order valence-electron chi connectivity index (χ3n) is 1.77. The Kier molecular flexibility index (Phi) is 3.67. The van der Waals surface area contributed by atoms with Gasteiger partial charge in [-0.2, -0.15) is 13.4 Å². The van der Waals surface area contributed by atoms with Crippen molar-refractivity contribution in [2.45, 2.75) is 0 Å². The summed E-state index contributed by atoms with van der Waals surface area (Å²) in [4.78, 5) is 3.84. The van der Waals surface area contributed by atoms with E-state index >= 15 is 0 Å². The molecule has 1 N–H and O–H groups in total. The Morgan fingerprint density at radius 1 is 1.39 bits per heavy atom. The van der Waals surface area contributed by atoms with E-state index in [9.17, 15) is 13.0 Å². The molecule has 0 aliphatic carbocycles. The van der Waals surface area contributed by atoms with Gasteiger partial charge in [-0.3, -0.25) is 9.08 Å². The molecule has 0 aliphatic rings. The van der Waals surface area contributed by atoms with E-state index in [1.54, 1.807) is 24.3 Å². The second-order valence-corrected chi connectivity index (χ2v) is 5.54. The second kappa shape index (κ2) is 5.07. The van der Waals surface area contributed by atoms with Gasteiger partial charge < -0.3 is 8.94 Å². The number of aromatic nitrogens is 1. The van der Waals surface area contributed by atoms with Crippen molar-refractivity contribution in [2.24, 2.45) is 0 Å². The molecule has 1 aromatic heterocycles. The van der Waals surface area contributed by atoms with Crippen molar-refractivity contribution in [1.29, 1.82) is 0 Å². The van der Waals surface area contributed by atoms with Crippen LogP contribution in [-0.2, 0) is 19.2 Å². The van der Waals surface area contributed by atoms with Crippen LogP contribution in [0.4, 0.5) is 0 Å². The van der Waals surface area contributed by atoms with Gasteiger partial charge in [0.2, 0.25) is 0 Å². The molecule has 1 atom stereocenters. The molecule has 2 rings (SSSR count). The van der Waals surface area contributed by atoms with Crippen LogP contribution in [0.2, 0.25) is 0 Å². The number of rotatable bonds is 5. The van der Waals surface area contributed by atoms with E-state index in [4.69, 9.17) is 8.97 Å². The first kappa shape index (κ1) is 13.0. The lowest BCUT2D eigenvalue weighted by Gasteiger charge is -2.00. The zero-order valence-electron chi connectivity index (χ0n) is 8.77. The van der Waals surface area contributed by atoms with Crippen LogP contribution in [0, 0.1) is 0 Å². The minimum absolute atomic E-state index is 0.296. The van der Waals surface area contributed by atoms with Crippen LogP contribution >= 0.6 is 8.25 Å². The van der Waals surface area contributed by atoms with Crippen LogP contribution in [0.25, 0.3) is 11.1 Å². The van der Waals surface area contributed by atoms with Crippen LogP contribution in [0.3, 0.4) is 0 Å². The highest BCUT2D eigenvalue weighted by Crippen LogP contribution is 2.29. The number of hydrogen-bond acceptors (Lipinski definition) is 7. The maximum atomic E-state index is 11.2. The second-order valence-electron chi connectivity index (χ2n) is 3.14. The van der Waals surface area contributed by atoms with Gasteiger partial charge in [0.1, 0.15) is 5.52 Å². The lowest BCUT2D eigenvalue weighted by molar-refractivity contribution is 0.289. The average molecular weight is 293 g/mol. The molecule has 10 heteroatoms. The molecule has 0 amide bonds. The molecule has 98 valence electrons. The molecule has 8 nitrogen and oxygen atoms in total. The fraction of sp³-hybridized carbons (Fsp3) is 0.125. The van der Waals surface area contributed by atoms with Crippen molar-refractivity contribution in [3.05, 3.63) is 24.3 Å². The van der Waals surface area contributed by atoms with E-state index in [0.29, 0.717) is 11.1 Å². The summed E-state index contributed by atoms with van der Waals surface area (Å²) in [5, 5.41) is 0. The lowest BCUT2D eigenvalue weighted by Crippen LogP contribution is -2.04. The van der Waals surface area contributed by atoms with E-state index in [2.05, 4.69) is 14.0 Å². The van der Waals surface area contributed by atoms with Gasteiger partial charge in [0.25, 0.3) is 10.1 Å². The Bertz CT molecular complexity index is 647. The van der Waals surface area contributed by atoms with Gasteiger partial charge in [0, 0.05) is 0 Å². The normalized spacial score (nSPS) is 13.6. The monoisotopic (exact) mass is 293 g/mol. The van der Waals surface area contributed by atoms with Crippen LogP contribution < -0.4 is 4.52 Å². The fourth-order valence-electron chi connectivity index (χ4n) is 1.12. The maximum absolute atomic E-state index is 11.2. The Labute approximate surface area is 102 Å². The molecule has 0 fully saturated rings. The summed E-state index contributed by atoms with van der Waals surface area (Å²) in [7, 11) is -7.53. The smallest absolute Gasteiger partial charge is 0.401 e. The Morgan fingerprint density at radius 2 is 2.11 bits per heavy atom. The van der Waals surface area contributed by atoms with Gasteiger partial charge in [-0.25, -0.2) is 4.57 Å². The highest BCUT2D eigenvalue weighted by Gasteiger charge is 2.13. The number of para-hydroxylation sites is 2. The molecule has 0 bridgehead atoms. The van der Waals surface area contributed by atoms with Gasteiger partial charge in [-0.1, -0.05) is 12.1 Å². The summed E-state index contributed by atoms with van der Waals surface area (Å²) in [5.41, 5.74) is 0.925. The zero-order valence-corrected chi connectivity index (χ0v) is 10.6. The van der Waals surface area contributed by atoms with Crippen LogP contribution in [-0.4, -0.2) is 23.9 Å². The van der Waals surface area contributed by atoms with Crippen molar-refractivity contribution in [1.82, 2.24) is 4.98 Å². The third-order valence-corrected chi connectivity index (χ3v) is 3.12. The molecule has 18 heavy (non-hydrogen) atoms. The standard InChI is InChI=1S/C8H8NO7PS/c10-17(14-5-18(11,12)13)16-8-9-6-3-1-2-4-7(6)15-8/h1-4,17H,5H2,(H,11,12,13). The predicted octanol–water partition coefficient (Wildman–Crippen LogP) is 1.46. The molecule has 1 unspecified atom stereocenters. The summed E-state index contributed by atoms with van der Waals surface area (Å²) in [5.74, 6) is -1.12. The minimum atomic E-state index is -4.36. The fourth-order valence-corrected chi connectivity index (χ4v) is 2.39. The van der Waals surface area contributed by atoms with Crippen molar-refractivity contribution >= 4 is 29.5 Å². The van der Waals surface area contributed by atoms with Crippen LogP contribution in [0.5, 0.6) is 6.08 Å². The zero-order chi connectivity index (χ0) is 13.2. The van der Waals surface area contributed by atoms with Gasteiger partial charge in [-0.05, 0) is 12.1 Å². The molecule has 0 spiro atoms. The van der Waals surface area contributed by atoms with Gasteiger partial charge in [0.15, 0.2) is 11.5 Å². The van der Waals surface area contributed by atoms with Crippen LogP contribution in [0.1, 0.15) is 0 Å². The van der Waals surface area contributed by atoms with Crippen molar-refractivity contribution < 1.29 is 31.0 Å². The largest absolute Gasteiger partial charge is 0.409 e. The molecule has 1 aromatic carbocycles. The van der Waals surface area contributed by atoms with Gasteiger partial charge in [-0.15, -0.1) is 0 Å². The third kappa shape index (κ3) is 3.54. The summed E-state index contributed by atoms with van der Waals surface area (Å²) in [6.07, 6.45) is -0.296. The molecule has 2 aromatic rings. The highest BCUT2D eigenvalue weighted by molar-refractivity contribution is 7.85. The van der Waals surface area contributed by atoms with Gasteiger partial charge in [0.05, 0.1) is 0 Å². The number of oxazole rings is 1. The SMILES string of the molecule is O=[PH](OCS(=O)(=O)O)Oc1nc2ccccc2o1. The molecular formula is C8H8NO7PS. The first-order valence-electron chi connectivity index (χ1n) is 4.59. The summed E-state index contributed by atoms with van der Waals surface area (Å²) >= 11 is 0. The minimum Gasteiger partial charge on any atom is -0.409 e. The van der Waals surface area contributed by atoms with Crippen molar-refractivity contribution in [3.63, 3.8) is 0 Å². The number of hydrogen-bond donors (Lipinski definition) is 1. The summed E-state index contributed by atoms with van der Waals surface area (Å²) in [6, 6.07) is 6.73. The van der Waals surface area contributed by atoms with Crippen molar-refractivity contribution in [3.8, 4) is 6.08 Å². The average Bonchev–Trinajstić information content (AvgIpc) is 2.67. The molecule has 0 saturated heterocycles. The molecule has 0 saturated carbocycles. The number of nitrogens with zero attached hydrogens (tertiary/aromatic N) is 1. The first-order valence-corrected chi connectivity index (χ1v) is 7.43. The highest BCUT2D eigenvalue weighted by atomic mass is 32.2. The topological polar surface area (TPSA) is 116 Å². The van der Waals surface area contributed by atoms with Gasteiger partial charge >= 0.3 is 14.3 Å². The Hall–Kier alpha value is -1.41. The van der Waals surface area contributed by atoms with Crippen LogP contribution in [0.15, 0.2) is 28.7 Å². The molecule has 1 heterocycles. The Balaban J connectivity index is 2.03. The van der Waals surface area contributed by atoms with E-state index in [-0.39, 0.29) is 6.08 Å². The first-order chi connectivity index (χ1) is 8.44. The van der Waals surface area contributed by atoms with E-state index < -0.39 is 24.3 Å². The maximum Gasteiger partial charge on any atom is 0.401 e. The number of benzene rings is 1. The lowest BCUT2D eigenvalue weighted by atomic mass is 10.3. The molecule has 0 radical (unpaired) electrons. The van der Waals surface area contributed by atoms with E-state index in [0.717, 1.165) is 0 Å². The molecular weight excluding hydrogens is 285 g/mol. The summed E-state index contributed by atoms with van der Waals surface area (Å²) in [6.45, 7) is 0. The van der Waals surface area contributed by atoms with E-state index in [1.807, 2.05) is 0 Å². The van der Waals surface area contributed by atoms with E-state index in [1.165, 1.54) is 0 Å². The molecule has 0 aliphatic heterocycles. The summed E-state index contributed by atoms with van der Waals surface area (Å²) < 4.78 is 54.3.